The molecule has 0 radical (unpaired) electrons. The lowest BCUT2D eigenvalue weighted by Gasteiger charge is -2.28. The number of nitrogens with one attached hydrogen (secondary N) is 2. The first-order valence-electron chi connectivity index (χ1n) is 10.2. The van der Waals surface area contributed by atoms with E-state index < -0.39 is 54.3 Å². The van der Waals surface area contributed by atoms with E-state index in [0.29, 0.717) is 31.6 Å². The Kier molecular flexibility index (Phi) is 12.5. The number of rotatable bonds is 14. The molecule has 13 heteroatoms. The van der Waals surface area contributed by atoms with Crippen LogP contribution in [0.15, 0.2) is 0 Å². The maximum absolute atomic E-state index is 12.9. The van der Waals surface area contributed by atoms with Gasteiger partial charge in [0.05, 0.1) is 12.5 Å². The molecule has 4 atom stereocenters. The number of nitrogens with zero attached hydrogens (tertiary/aromatic N) is 1. The molecule has 0 spiro atoms. The van der Waals surface area contributed by atoms with Gasteiger partial charge in [-0.1, -0.05) is 0 Å². The van der Waals surface area contributed by atoms with Gasteiger partial charge < -0.3 is 31.5 Å². The molecule has 1 aliphatic heterocycles. The second-order valence-electron chi connectivity index (χ2n) is 7.42. The number of hydrogen-bond acceptors (Lipinski definition) is 8. The average molecular weight is 493 g/mol. The second-order valence-corrected chi connectivity index (χ2v) is 9.39. The Morgan fingerprint density at radius 2 is 1.66 bits per heavy atom. The van der Waals surface area contributed by atoms with Crippen molar-refractivity contribution in [1.82, 2.24) is 15.5 Å². The SMILES string of the molecule is CSCCC(N)C(=O)N1CCCC1C(=O)NC(CCSC)C(=O)NC(CC(=O)O)C(=O)O. The predicted octanol–water partition coefficient (Wildman–Crippen LogP) is -0.660. The number of hydrogen-bond donors (Lipinski definition) is 5. The van der Waals surface area contributed by atoms with E-state index in [0.717, 1.165) is 5.75 Å². The van der Waals surface area contributed by atoms with Crippen molar-refractivity contribution in [3.63, 3.8) is 0 Å². The molecule has 1 saturated heterocycles. The predicted molar refractivity (Wildman–Crippen MR) is 122 cm³/mol. The molecule has 11 nitrogen and oxygen atoms in total. The Balaban J connectivity index is 2.87. The van der Waals surface area contributed by atoms with E-state index in [9.17, 15) is 24.0 Å². The molecular formula is C19H32N4O7S2. The molecule has 4 unspecified atom stereocenters. The van der Waals surface area contributed by atoms with E-state index >= 15 is 0 Å². The van der Waals surface area contributed by atoms with E-state index in [4.69, 9.17) is 15.9 Å². The van der Waals surface area contributed by atoms with Crippen LogP contribution in [0.25, 0.3) is 0 Å². The smallest absolute Gasteiger partial charge is 0.326 e. The quantitative estimate of drug-likeness (QED) is 0.209. The first kappa shape index (κ1) is 28.0. The monoisotopic (exact) mass is 492 g/mol. The summed E-state index contributed by atoms with van der Waals surface area (Å²) in [5.74, 6) is -3.25. The third-order valence-electron chi connectivity index (χ3n) is 5.03. The molecule has 1 fully saturated rings. The first-order valence-corrected chi connectivity index (χ1v) is 13.0. The van der Waals surface area contributed by atoms with Gasteiger partial charge in [-0.2, -0.15) is 23.5 Å². The molecule has 6 N–H and O–H groups in total. The maximum atomic E-state index is 12.9. The van der Waals surface area contributed by atoms with Crippen LogP contribution in [0.1, 0.15) is 32.1 Å². The Bertz CT molecular complexity index is 695. The topological polar surface area (TPSA) is 179 Å². The maximum Gasteiger partial charge on any atom is 0.326 e. The van der Waals surface area contributed by atoms with Crippen LogP contribution in [-0.4, -0.2) is 99.5 Å². The van der Waals surface area contributed by atoms with E-state index in [-0.39, 0.29) is 12.3 Å². The van der Waals surface area contributed by atoms with Crippen LogP contribution >= 0.6 is 23.5 Å². The fourth-order valence-electron chi connectivity index (χ4n) is 3.30. The zero-order valence-corrected chi connectivity index (χ0v) is 19.9. The molecule has 1 rings (SSSR count). The number of carboxylic acid groups (broad SMARTS) is 2. The highest BCUT2D eigenvalue weighted by Crippen LogP contribution is 2.19. The van der Waals surface area contributed by atoms with Gasteiger partial charge in [0, 0.05) is 6.54 Å². The van der Waals surface area contributed by atoms with Crippen molar-refractivity contribution in [3.05, 3.63) is 0 Å². The Hall–Kier alpha value is -1.99. The fourth-order valence-corrected chi connectivity index (χ4v) is 4.26. The zero-order valence-electron chi connectivity index (χ0n) is 18.2. The normalized spacial score (nSPS) is 18.5. The summed E-state index contributed by atoms with van der Waals surface area (Å²) in [6.45, 7) is 0.394. The van der Waals surface area contributed by atoms with E-state index in [1.807, 2.05) is 12.5 Å². The van der Waals surface area contributed by atoms with Crippen molar-refractivity contribution in [1.29, 1.82) is 0 Å². The van der Waals surface area contributed by atoms with Crippen LogP contribution in [0, 0.1) is 0 Å². The standard InChI is InChI=1S/C19H32N4O7S2/c1-31-8-5-11(20)18(28)23-7-3-4-14(23)17(27)21-12(6-9-32-2)16(26)22-13(19(29)30)10-15(24)25/h11-14H,3-10,20H2,1-2H3,(H,21,27)(H,22,26)(H,24,25)(H,29,30). The summed E-state index contributed by atoms with van der Waals surface area (Å²) in [4.78, 5) is 61.8. The van der Waals surface area contributed by atoms with Crippen molar-refractivity contribution in [3.8, 4) is 0 Å². The van der Waals surface area contributed by atoms with Crippen LogP contribution < -0.4 is 16.4 Å². The molecule has 0 aliphatic carbocycles. The zero-order chi connectivity index (χ0) is 24.3. The van der Waals surface area contributed by atoms with Gasteiger partial charge in [-0.25, -0.2) is 4.79 Å². The highest BCUT2D eigenvalue weighted by atomic mass is 32.2. The summed E-state index contributed by atoms with van der Waals surface area (Å²) in [7, 11) is 0. The summed E-state index contributed by atoms with van der Waals surface area (Å²) in [6.07, 6.45) is 4.70. The minimum absolute atomic E-state index is 0.214. The molecule has 182 valence electrons. The number of nitrogens with two attached hydrogens (primary N) is 1. The molecule has 0 aromatic rings. The average Bonchev–Trinajstić information content (AvgIpc) is 3.23. The van der Waals surface area contributed by atoms with E-state index in [2.05, 4.69) is 10.6 Å². The molecule has 1 aliphatic rings. The molecule has 0 bridgehead atoms. The van der Waals surface area contributed by atoms with Crippen LogP contribution in [0.4, 0.5) is 0 Å². The van der Waals surface area contributed by atoms with Crippen LogP contribution in [0.3, 0.4) is 0 Å². The Morgan fingerprint density at radius 3 is 2.22 bits per heavy atom. The van der Waals surface area contributed by atoms with Gasteiger partial charge in [-0.3, -0.25) is 19.2 Å². The number of carboxylic acids is 2. The van der Waals surface area contributed by atoms with Gasteiger partial charge >= 0.3 is 11.9 Å². The van der Waals surface area contributed by atoms with Crippen LogP contribution in [-0.2, 0) is 24.0 Å². The van der Waals surface area contributed by atoms with Gasteiger partial charge in [-0.15, -0.1) is 0 Å². The summed E-state index contributed by atoms with van der Waals surface area (Å²) in [6, 6.07) is -4.15. The number of amides is 3. The van der Waals surface area contributed by atoms with Crippen molar-refractivity contribution in [2.24, 2.45) is 5.73 Å². The third kappa shape index (κ3) is 8.87. The highest BCUT2D eigenvalue weighted by Gasteiger charge is 2.37. The van der Waals surface area contributed by atoms with Crippen molar-refractivity contribution in [2.45, 2.75) is 56.3 Å². The largest absolute Gasteiger partial charge is 0.481 e. The molecule has 0 aromatic heterocycles. The van der Waals surface area contributed by atoms with Crippen molar-refractivity contribution in [2.75, 3.05) is 30.6 Å². The van der Waals surface area contributed by atoms with Gasteiger partial charge in [0.25, 0.3) is 0 Å². The second kappa shape index (κ2) is 14.2. The number of aliphatic carboxylic acids is 2. The number of likely N-dealkylation sites (tertiary alicyclic amines) is 1. The van der Waals surface area contributed by atoms with Crippen molar-refractivity contribution >= 4 is 53.2 Å². The minimum atomic E-state index is -1.62. The Labute approximate surface area is 195 Å². The van der Waals surface area contributed by atoms with Gasteiger partial charge in [-0.05, 0) is 49.7 Å². The minimum Gasteiger partial charge on any atom is -0.481 e. The summed E-state index contributed by atoms with van der Waals surface area (Å²) in [5.41, 5.74) is 5.98. The summed E-state index contributed by atoms with van der Waals surface area (Å²) >= 11 is 3.01. The van der Waals surface area contributed by atoms with E-state index in [1.165, 1.54) is 16.7 Å². The molecular weight excluding hydrogens is 460 g/mol. The molecule has 3 amide bonds. The summed E-state index contributed by atoms with van der Waals surface area (Å²) < 4.78 is 0. The highest BCUT2D eigenvalue weighted by molar-refractivity contribution is 7.98. The van der Waals surface area contributed by atoms with Crippen LogP contribution in [0.2, 0.25) is 0 Å². The van der Waals surface area contributed by atoms with Crippen molar-refractivity contribution < 1.29 is 34.2 Å². The lowest BCUT2D eigenvalue weighted by Crippen LogP contribution is -2.57. The molecule has 0 aromatic carbocycles. The molecule has 32 heavy (non-hydrogen) atoms. The number of thioether (sulfide) groups is 2. The number of carbonyl (C=O) groups is 5. The van der Waals surface area contributed by atoms with Gasteiger partial charge in [0.15, 0.2) is 0 Å². The summed E-state index contributed by atoms with van der Waals surface area (Å²) in [5, 5.41) is 22.8. The first-order chi connectivity index (χ1) is 15.1. The number of carbonyl (C=O) groups excluding carboxylic acids is 3. The van der Waals surface area contributed by atoms with Gasteiger partial charge in [0.1, 0.15) is 18.1 Å². The molecule has 1 heterocycles. The lowest BCUT2D eigenvalue weighted by atomic mass is 10.1. The third-order valence-corrected chi connectivity index (χ3v) is 6.31. The van der Waals surface area contributed by atoms with E-state index in [1.54, 1.807) is 11.8 Å². The fraction of sp³-hybridized carbons (Fsp3) is 0.737. The van der Waals surface area contributed by atoms with Crippen LogP contribution in [0.5, 0.6) is 0 Å². The van der Waals surface area contributed by atoms with Gasteiger partial charge in [0.2, 0.25) is 17.7 Å². The Morgan fingerprint density at radius 1 is 1.03 bits per heavy atom. The lowest BCUT2D eigenvalue weighted by molar-refractivity contribution is -0.147. The molecule has 0 saturated carbocycles.